The minimum atomic E-state index is -4.02. The fourth-order valence-electron chi connectivity index (χ4n) is 3.13. The van der Waals surface area contributed by atoms with Crippen molar-refractivity contribution in [1.82, 2.24) is 4.90 Å². The topological polar surface area (TPSA) is 90.0 Å². The molecular formula is C25H20ClNO6S2. The zero-order valence-electron chi connectivity index (χ0n) is 18.5. The van der Waals surface area contributed by atoms with E-state index >= 15 is 0 Å². The quantitative estimate of drug-likeness (QED) is 0.280. The number of hydrogen-bond donors (Lipinski definition) is 0. The number of thioether (sulfide) groups is 1. The molecule has 3 aromatic carbocycles. The second kappa shape index (κ2) is 10.6. The fraction of sp³-hybridized carbons (Fsp3) is 0.120. The number of aryl methyl sites for hydroxylation is 1. The van der Waals surface area contributed by atoms with E-state index < -0.39 is 16.0 Å². The molecule has 0 aliphatic carbocycles. The first-order valence-corrected chi connectivity index (χ1v) is 13.1. The number of rotatable bonds is 8. The summed E-state index contributed by atoms with van der Waals surface area (Å²) < 4.78 is 35.6. The minimum Gasteiger partial charge on any atom is -0.492 e. The summed E-state index contributed by atoms with van der Waals surface area (Å²) in [6, 6.07) is 19.3. The molecule has 3 aromatic rings. The molecule has 10 heteroatoms. The first-order valence-electron chi connectivity index (χ1n) is 10.5. The molecule has 1 aliphatic heterocycles. The minimum absolute atomic E-state index is 0.0222. The van der Waals surface area contributed by atoms with Crippen LogP contribution in [0.15, 0.2) is 82.6 Å². The van der Waals surface area contributed by atoms with Crippen LogP contribution in [0.1, 0.15) is 11.1 Å². The lowest BCUT2D eigenvalue weighted by molar-refractivity contribution is -0.123. The van der Waals surface area contributed by atoms with Crippen molar-refractivity contribution in [3.05, 3.63) is 93.9 Å². The third kappa shape index (κ3) is 6.25. The van der Waals surface area contributed by atoms with Crippen LogP contribution in [0, 0.1) is 6.92 Å². The van der Waals surface area contributed by atoms with E-state index in [4.69, 9.17) is 20.5 Å². The molecule has 0 aromatic heterocycles. The van der Waals surface area contributed by atoms with Gasteiger partial charge in [-0.25, -0.2) is 0 Å². The first kappa shape index (κ1) is 24.8. The molecule has 0 unspecified atom stereocenters. The van der Waals surface area contributed by atoms with Gasteiger partial charge in [-0.2, -0.15) is 8.42 Å². The Kier molecular flexibility index (Phi) is 7.49. The van der Waals surface area contributed by atoms with Gasteiger partial charge < -0.3 is 8.92 Å². The highest BCUT2D eigenvalue weighted by atomic mass is 35.5. The van der Waals surface area contributed by atoms with Gasteiger partial charge in [0.1, 0.15) is 23.0 Å². The lowest BCUT2D eigenvalue weighted by atomic mass is 10.2. The van der Waals surface area contributed by atoms with Crippen LogP contribution < -0.4 is 8.92 Å². The highest BCUT2D eigenvalue weighted by Crippen LogP contribution is 2.32. The second-order valence-corrected chi connectivity index (χ2v) is 10.5. The molecule has 7 nitrogen and oxygen atoms in total. The number of halogens is 1. The molecule has 1 aliphatic rings. The predicted molar refractivity (Wildman–Crippen MR) is 135 cm³/mol. The van der Waals surface area contributed by atoms with Gasteiger partial charge in [0.15, 0.2) is 0 Å². The third-order valence-corrected chi connectivity index (χ3v) is 7.39. The molecule has 2 amide bonds. The van der Waals surface area contributed by atoms with Crippen LogP contribution in [0.2, 0.25) is 5.02 Å². The van der Waals surface area contributed by atoms with Crippen molar-refractivity contribution in [1.29, 1.82) is 0 Å². The van der Waals surface area contributed by atoms with Gasteiger partial charge >= 0.3 is 10.1 Å². The van der Waals surface area contributed by atoms with Crippen molar-refractivity contribution in [3.63, 3.8) is 0 Å². The molecule has 0 saturated carbocycles. The first-order chi connectivity index (χ1) is 16.7. The summed E-state index contributed by atoms with van der Waals surface area (Å²) in [5.74, 6) is 0.370. The average Bonchev–Trinajstić information content (AvgIpc) is 3.09. The molecule has 0 bridgehead atoms. The number of carbonyl (C=O) groups excluding carboxylic acids is 2. The predicted octanol–water partition coefficient (Wildman–Crippen LogP) is 5.53. The fourth-order valence-corrected chi connectivity index (χ4v) is 5.05. The highest BCUT2D eigenvalue weighted by Gasteiger charge is 2.34. The van der Waals surface area contributed by atoms with Gasteiger partial charge in [-0.1, -0.05) is 41.4 Å². The van der Waals surface area contributed by atoms with Crippen LogP contribution >= 0.6 is 23.4 Å². The van der Waals surface area contributed by atoms with E-state index in [1.807, 2.05) is 31.2 Å². The van der Waals surface area contributed by atoms with Gasteiger partial charge in [-0.3, -0.25) is 14.5 Å². The van der Waals surface area contributed by atoms with Crippen molar-refractivity contribution < 1.29 is 26.9 Å². The van der Waals surface area contributed by atoms with Crippen molar-refractivity contribution in [3.8, 4) is 11.5 Å². The van der Waals surface area contributed by atoms with Crippen molar-refractivity contribution >= 4 is 50.7 Å². The van der Waals surface area contributed by atoms with Gasteiger partial charge in [0.05, 0.1) is 11.4 Å². The molecule has 1 saturated heterocycles. The van der Waals surface area contributed by atoms with E-state index in [1.54, 1.807) is 18.2 Å². The number of ether oxygens (including phenoxy) is 1. The monoisotopic (exact) mass is 529 g/mol. The molecule has 0 spiro atoms. The standard InChI is InChI=1S/C25H20ClNO6S2/c1-17-2-8-20(9-3-17)32-15-14-27-24(28)23(34-25(27)29)16-18-4-10-21(11-5-18)33-35(30,31)22-12-6-19(26)7-13-22/h2-13,16H,14-15H2,1H3/b23-16-. The van der Waals surface area contributed by atoms with Gasteiger partial charge in [0, 0.05) is 5.02 Å². The SMILES string of the molecule is Cc1ccc(OCCN2C(=O)S/C(=C\c3ccc(OS(=O)(=O)c4ccc(Cl)cc4)cc3)C2=O)cc1. The van der Waals surface area contributed by atoms with E-state index in [0.29, 0.717) is 16.3 Å². The Morgan fingerprint density at radius 1 is 0.914 bits per heavy atom. The summed E-state index contributed by atoms with van der Waals surface area (Å²) in [6.07, 6.45) is 1.57. The smallest absolute Gasteiger partial charge is 0.339 e. The number of imide groups is 1. The Labute approximate surface area is 212 Å². The highest BCUT2D eigenvalue weighted by molar-refractivity contribution is 8.18. The van der Waals surface area contributed by atoms with E-state index in [0.717, 1.165) is 22.2 Å². The Hall–Kier alpha value is -3.27. The maximum atomic E-state index is 12.7. The normalized spacial score (nSPS) is 15.0. The zero-order valence-corrected chi connectivity index (χ0v) is 20.9. The summed E-state index contributed by atoms with van der Waals surface area (Å²) in [5.41, 5.74) is 1.72. The van der Waals surface area contributed by atoms with Crippen LogP contribution in [0.25, 0.3) is 6.08 Å². The Morgan fingerprint density at radius 3 is 2.20 bits per heavy atom. The molecule has 180 valence electrons. The summed E-state index contributed by atoms with van der Waals surface area (Å²) in [4.78, 5) is 26.4. The molecular weight excluding hydrogens is 510 g/mol. The summed E-state index contributed by atoms with van der Waals surface area (Å²) >= 11 is 6.64. The van der Waals surface area contributed by atoms with Crippen LogP contribution in [0.3, 0.4) is 0 Å². The molecule has 0 atom stereocenters. The van der Waals surface area contributed by atoms with E-state index in [9.17, 15) is 18.0 Å². The molecule has 1 fully saturated rings. The summed E-state index contributed by atoms with van der Waals surface area (Å²) in [5, 5.41) is 0.0410. The summed E-state index contributed by atoms with van der Waals surface area (Å²) in [6.45, 7) is 2.29. The molecule has 0 radical (unpaired) electrons. The van der Waals surface area contributed by atoms with Crippen molar-refractivity contribution in [2.24, 2.45) is 0 Å². The number of benzene rings is 3. The number of nitrogens with zero attached hydrogens (tertiary/aromatic N) is 1. The Balaban J connectivity index is 1.37. The third-order valence-electron chi connectivity index (χ3n) is 4.96. The molecule has 1 heterocycles. The Morgan fingerprint density at radius 2 is 1.54 bits per heavy atom. The van der Waals surface area contributed by atoms with E-state index in [2.05, 4.69) is 0 Å². The van der Waals surface area contributed by atoms with Gasteiger partial charge in [0.25, 0.3) is 11.1 Å². The molecule has 4 rings (SSSR count). The van der Waals surface area contributed by atoms with Gasteiger partial charge in [-0.05, 0) is 78.9 Å². The van der Waals surface area contributed by atoms with E-state index in [-0.39, 0.29) is 33.9 Å². The second-order valence-electron chi connectivity index (χ2n) is 7.56. The molecule has 0 N–H and O–H groups in total. The lowest BCUT2D eigenvalue weighted by Crippen LogP contribution is -2.32. The maximum Gasteiger partial charge on any atom is 0.339 e. The van der Waals surface area contributed by atoms with Gasteiger partial charge in [0.2, 0.25) is 0 Å². The van der Waals surface area contributed by atoms with Crippen LogP contribution in [-0.2, 0) is 14.9 Å². The zero-order chi connectivity index (χ0) is 25.0. The van der Waals surface area contributed by atoms with Crippen LogP contribution in [0.5, 0.6) is 11.5 Å². The lowest BCUT2D eigenvalue weighted by Gasteiger charge is -2.13. The maximum absolute atomic E-state index is 12.7. The van der Waals surface area contributed by atoms with Crippen LogP contribution in [0.4, 0.5) is 4.79 Å². The Bertz CT molecular complexity index is 1370. The van der Waals surface area contributed by atoms with E-state index in [1.165, 1.54) is 36.4 Å². The van der Waals surface area contributed by atoms with Crippen LogP contribution in [-0.4, -0.2) is 37.6 Å². The van der Waals surface area contributed by atoms with Crippen molar-refractivity contribution in [2.45, 2.75) is 11.8 Å². The van der Waals surface area contributed by atoms with Crippen molar-refractivity contribution in [2.75, 3.05) is 13.2 Å². The largest absolute Gasteiger partial charge is 0.492 e. The molecule has 35 heavy (non-hydrogen) atoms. The number of carbonyl (C=O) groups is 2. The summed E-state index contributed by atoms with van der Waals surface area (Å²) in [7, 11) is -4.02. The average molecular weight is 530 g/mol. The van der Waals surface area contributed by atoms with Gasteiger partial charge in [-0.15, -0.1) is 0 Å². The number of hydrogen-bond acceptors (Lipinski definition) is 7. The number of amides is 2.